The van der Waals surface area contributed by atoms with Crippen LogP contribution in [0.4, 0.5) is 11.5 Å². The molecule has 1 saturated heterocycles. The summed E-state index contributed by atoms with van der Waals surface area (Å²) in [7, 11) is 0. The molecule has 4 rings (SSSR count). The highest BCUT2D eigenvalue weighted by Gasteiger charge is 2.27. The summed E-state index contributed by atoms with van der Waals surface area (Å²) < 4.78 is 0. The molecule has 1 aliphatic carbocycles. The van der Waals surface area contributed by atoms with Gasteiger partial charge in [-0.1, -0.05) is 31.0 Å². The molecule has 1 aliphatic heterocycles. The molecule has 0 atom stereocenters. The molecule has 1 aromatic carbocycles. The second-order valence-electron chi connectivity index (χ2n) is 7.98. The Morgan fingerprint density at radius 1 is 0.931 bits per heavy atom. The maximum atomic E-state index is 12.5. The molecule has 0 bridgehead atoms. The van der Waals surface area contributed by atoms with Gasteiger partial charge < -0.3 is 15.5 Å². The van der Waals surface area contributed by atoms with E-state index < -0.39 is 0 Å². The average molecular weight is 393 g/mol. The molecule has 2 amide bonds. The Morgan fingerprint density at radius 3 is 2.31 bits per heavy atom. The number of hydrogen-bond donors (Lipinski definition) is 2. The van der Waals surface area contributed by atoms with Gasteiger partial charge in [-0.05, 0) is 49.9 Å². The number of amides is 2. The maximum absolute atomic E-state index is 12.5. The third kappa shape index (κ3) is 4.94. The summed E-state index contributed by atoms with van der Waals surface area (Å²) in [4.78, 5) is 31.4. The highest BCUT2D eigenvalue weighted by Crippen LogP contribution is 2.24. The van der Waals surface area contributed by atoms with E-state index in [-0.39, 0.29) is 17.7 Å². The topological polar surface area (TPSA) is 74.3 Å². The predicted molar refractivity (Wildman–Crippen MR) is 114 cm³/mol. The van der Waals surface area contributed by atoms with Gasteiger partial charge in [0, 0.05) is 30.6 Å². The van der Waals surface area contributed by atoms with Crippen LogP contribution in [0.1, 0.15) is 48.9 Å². The first-order valence-electron chi connectivity index (χ1n) is 10.6. The van der Waals surface area contributed by atoms with Crippen molar-refractivity contribution in [2.75, 3.05) is 23.3 Å². The SMILES string of the molecule is O=C(Nc1ccc(N2CCC(C(=O)NC3CCCC3)CC2)nc1)c1ccccc1. The molecule has 2 aliphatic rings. The zero-order chi connectivity index (χ0) is 20.1. The molecule has 0 unspecified atom stereocenters. The van der Waals surface area contributed by atoms with Crippen LogP contribution in [0.5, 0.6) is 0 Å². The lowest BCUT2D eigenvalue weighted by molar-refractivity contribution is -0.126. The quantitative estimate of drug-likeness (QED) is 0.815. The van der Waals surface area contributed by atoms with Crippen molar-refractivity contribution >= 4 is 23.3 Å². The monoisotopic (exact) mass is 392 g/mol. The standard InChI is InChI=1S/C23H28N4O2/c28-22(17-6-2-1-3-7-17)26-20-10-11-21(24-16-20)27-14-12-18(13-15-27)23(29)25-19-8-4-5-9-19/h1-3,6-7,10-11,16,18-19H,4-5,8-9,12-15H2,(H,25,29)(H,26,28). The summed E-state index contributed by atoms with van der Waals surface area (Å²) in [5, 5.41) is 6.10. The largest absolute Gasteiger partial charge is 0.357 e. The van der Waals surface area contributed by atoms with Crippen molar-refractivity contribution in [3.05, 3.63) is 54.2 Å². The van der Waals surface area contributed by atoms with Crippen molar-refractivity contribution in [2.45, 2.75) is 44.6 Å². The summed E-state index contributed by atoms with van der Waals surface area (Å²) in [6, 6.07) is 13.3. The Bertz CT molecular complexity index is 824. The van der Waals surface area contributed by atoms with Crippen LogP contribution in [0, 0.1) is 5.92 Å². The number of piperidine rings is 1. The summed E-state index contributed by atoms with van der Waals surface area (Å²) in [6.45, 7) is 1.65. The Hall–Kier alpha value is -2.89. The molecular formula is C23H28N4O2. The van der Waals surface area contributed by atoms with Gasteiger partial charge in [0.1, 0.15) is 5.82 Å². The summed E-state index contributed by atoms with van der Waals surface area (Å²) in [6.07, 6.45) is 8.12. The van der Waals surface area contributed by atoms with Gasteiger partial charge in [-0.3, -0.25) is 9.59 Å². The lowest BCUT2D eigenvalue weighted by Crippen LogP contribution is -2.43. The molecule has 2 fully saturated rings. The molecule has 6 nitrogen and oxygen atoms in total. The van der Waals surface area contributed by atoms with Crippen molar-refractivity contribution in [3.63, 3.8) is 0 Å². The lowest BCUT2D eigenvalue weighted by atomic mass is 9.95. The van der Waals surface area contributed by atoms with E-state index in [1.54, 1.807) is 18.3 Å². The number of aromatic nitrogens is 1. The first kappa shape index (κ1) is 19.4. The van der Waals surface area contributed by atoms with Crippen LogP contribution in [0.3, 0.4) is 0 Å². The number of benzene rings is 1. The Balaban J connectivity index is 1.27. The normalized spacial score (nSPS) is 17.9. The van der Waals surface area contributed by atoms with E-state index in [0.29, 0.717) is 17.3 Å². The van der Waals surface area contributed by atoms with E-state index in [1.165, 1.54) is 12.8 Å². The Kier molecular flexibility index (Phi) is 6.08. The van der Waals surface area contributed by atoms with E-state index in [4.69, 9.17) is 0 Å². The number of pyridine rings is 1. The van der Waals surface area contributed by atoms with Crippen molar-refractivity contribution in [1.82, 2.24) is 10.3 Å². The Labute approximate surface area is 171 Å². The number of rotatable bonds is 5. The first-order valence-corrected chi connectivity index (χ1v) is 10.6. The van der Waals surface area contributed by atoms with Crippen LogP contribution in [0.25, 0.3) is 0 Å². The van der Waals surface area contributed by atoms with Crippen molar-refractivity contribution in [1.29, 1.82) is 0 Å². The second-order valence-corrected chi connectivity index (χ2v) is 7.98. The molecule has 1 saturated carbocycles. The van der Waals surface area contributed by atoms with Gasteiger partial charge in [-0.15, -0.1) is 0 Å². The van der Waals surface area contributed by atoms with Gasteiger partial charge in [-0.2, -0.15) is 0 Å². The highest BCUT2D eigenvalue weighted by atomic mass is 16.2. The molecule has 0 spiro atoms. The number of hydrogen-bond acceptors (Lipinski definition) is 4. The van der Waals surface area contributed by atoms with E-state index in [0.717, 1.165) is 44.6 Å². The van der Waals surface area contributed by atoms with Gasteiger partial charge in [-0.25, -0.2) is 4.98 Å². The first-order chi connectivity index (χ1) is 14.2. The van der Waals surface area contributed by atoms with Crippen LogP contribution in [-0.4, -0.2) is 35.9 Å². The molecule has 152 valence electrons. The molecule has 1 aromatic heterocycles. The molecule has 2 heterocycles. The fourth-order valence-electron chi connectivity index (χ4n) is 4.20. The van der Waals surface area contributed by atoms with Gasteiger partial charge in [0.15, 0.2) is 0 Å². The van der Waals surface area contributed by atoms with Crippen LogP contribution in [0.15, 0.2) is 48.7 Å². The number of carbonyl (C=O) groups excluding carboxylic acids is 2. The van der Waals surface area contributed by atoms with Gasteiger partial charge in [0.25, 0.3) is 5.91 Å². The molecule has 6 heteroatoms. The molecule has 2 N–H and O–H groups in total. The summed E-state index contributed by atoms with van der Waals surface area (Å²) in [5.74, 6) is 1.08. The Morgan fingerprint density at radius 2 is 1.66 bits per heavy atom. The minimum Gasteiger partial charge on any atom is -0.357 e. The number of nitrogens with zero attached hydrogens (tertiary/aromatic N) is 2. The van der Waals surface area contributed by atoms with E-state index in [2.05, 4.69) is 20.5 Å². The fourth-order valence-corrected chi connectivity index (χ4v) is 4.20. The van der Waals surface area contributed by atoms with Crippen molar-refractivity contribution in [2.24, 2.45) is 5.92 Å². The van der Waals surface area contributed by atoms with Crippen molar-refractivity contribution in [3.8, 4) is 0 Å². The molecule has 0 radical (unpaired) electrons. The van der Waals surface area contributed by atoms with E-state index in [1.807, 2.05) is 30.3 Å². The van der Waals surface area contributed by atoms with E-state index in [9.17, 15) is 9.59 Å². The van der Waals surface area contributed by atoms with E-state index >= 15 is 0 Å². The minimum absolute atomic E-state index is 0.108. The van der Waals surface area contributed by atoms with Gasteiger partial charge in [0.05, 0.1) is 11.9 Å². The van der Waals surface area contributed by atoms with Crippen LogP contribution >= 0.6 is 0 Å². The van der Waals surface area contributed by atoms with Gasteiger partial charge in [0.2, 0.25) is 5.91 Å². The average Bonchev–Trinajstić information content (AvgIpc) is 3.28. The molecule has 2 aromatic rings. The second kappa shape index (κ2) is 9.07. The minimum atomic E-state index is -0.144. The van der Waals surface area contributed by atoms with Crippen LogP contribution in [0.2, 0.25) is 0 Å². The maximum Gasteiger partial charge on any atom is 0.255 e. The summed E-state index contributed by atoms with van der Waals surface area (Å²) in [5.41, 5.74) is 1.29. The highest BCUT2D eigenvalue weighted by molar-refractivity contribution is 6.04. The fraction of sp³-hybridized carbons (Fsp3) is 0.435. The van der Waals surface area contributed by atoms with Gasteiger partial charge >= 0.3 is 0 Å². The lowest BCUT2D eigenvalue weighted by Gasteiger charge is -2.32. The van der Waals surface area contributed by atoms with Crippen LogP contribution < -0.4 is 15.5 Å². The number of anilines is 2. The zero-order valence-corrected chi connectivity index (χ0v) is 16.6. The number of carbonyl (C=O) groups is 2. The summed E-state index contributed by atoms with van der Waals surface area (Å²) >= 11 is 0. The smallest absolute Gasteiger partial charge is 0.255 e. The molecular weight excluding hydrogens is 364 g/mol. The third-order valence-electron chi connectivity index (χ3n) is 5.93. The molecule has 29 heavy (non-hydrogen) atoms. The third-order valence-corrected chi connectivity index (χ3v) is 5.93. The zero-order valence-electron chi connectivity index (χ0n) is 16.6. The predicted octanol–water partition coefficient (Wildman–Crippen LogP) is 3.61. The van der Waals surface area contributed by atoms with Crippen molar-refractivity contribution < 1.29 is 9.59 Å². The van der Waals surface area contributed by atoms with Crippen LogP contribution in [-0.2, 0) is 4.79 Å². The number of nitrogens with one attached hydrogen (secondary N) is 2.